The number of alkyl halides is 6. The summed E-state index contributed by atoms with van der Waals surface area (Å²) in [4.78, 5) is 11.0. The second-order valence-electron chi connectivity index (χ2n) is 4.61. The van der Waals surface area contributed by atoms with Gasteiger partial charge in [-0.15, -0.1) is 13.2 Å². The third-order valence-corrected chi connectivity index (χ3v) is 2.98. The number of carboxylic acid groups (broad SMARTS) is 1. The van der Waals surface area contributed by atoms with Gasteiger partial charge in [0.05, 0.1) is 5.56 Å². The van der Waals surface area contributed by atoms with E-state index in [9.17, 15) is 31.1 Å². The maximum Gasteiger partial charge on any atom is 0.573 e. The normalized spacial score (nSPS) is 12.1. The van der Waals surface area contributed by atoms with Crippen LogP contribution in [0.5, 0.6) is 5.75 Å². The predicted octanol–water partition coefficient (Wildman–Crippen LogP) is 4.97. The number of hydrogen-bond acceptors (Lipinski definition) is 2. The van der Waals surface area contributed by atoms with Gasteiger partial charge in [-0.1, -0.05) is 24.3 Å². The van der Waals surface area contributed by atoms with Gasteiger partial charge >= 0.3 is 18.5 Å². The molecule has 0 amide bonds. The molecule has 128 valence electrons. The third kappa shape index (κ3) is 3.98. The second kappa shape index (κ2) is 6.06. The van der Waals surface area contributed by atoms with Crippen LogP contribution in [0.25, 0.3) is 11.1 Å². The summed E-state index contributed by atoms with van der Waals surface area (Å²) in [5, 5.41) is 8.88. The average Bonchev–Trinajstić information content (AvgIpc) is 2.44. The van der Waals surface area contributed by atoms with E-state index in [4.69, 9.17) is 5.11 Å². The number of halogens is 6. The number of hydrogen-bond donors (Lipinski definition) is 1. The lowest BCUT2D eigenvalue weighted by Gasteiger charge is -2.15. The average molecular weight is 350 g/mol. The summed E-state index contributed by atoms with van der Waals surface area (Å²) in [6, 6.07) is 6.59. The summed E-state index contributed by atoms with van der Waals surface area (Å²) in [6.45, 7) is 0. The summed E-state index contributed by atoms with van der Waals surface area (Å²) in [5.41, 5.74) is -2.53. The van der Waals surface area contributed by atoms with Crippen LogP contribution >= 0.6 is 0 Å². The molecule has 3 nitrogen and oxygen atoms in total. The highest BCUT2D eigenvalue weighted by atomic mass is 19.4. The molecule has 24 heavy (non-hydrogen) atoms. The van der Waals surface area contributed by atoms with Gasteiger partial charge in [0.1, 0.15) is 11.3 Å². The van der Waals surface area contributed by atoms with Gasteiger partial charge in [-0.25, -0.2) is 4.79 Å². The molecule has 2 aromatic rings. The third-order valence-electron chi connectivity index (χ3n) is 2.98. The van der Waals surface area contributed by atoms with Gasteiger partial charge in [0, 0.05) is 0 Å². The number of benzene rings is 2. The number of carboxylic acids is 1. The van der Waals surface area contributed by atoms with Crippen LogP contribution in [0.1, 0.15) is 15.9 Å². The molecule has 0 heterocycles. The Hall–Kier alpha value is -2.71. The van der Waals surface area contributed by atoms with Gasteiger partial charge in [0.25, 0.3) is 0 Å². The molecular weight excluding hydrogens is 342 g/mol. The predicted molar refractivity (Wildman–Crippen MR) is 70.5 cm³/mol. The highest BCUT2D eigenvalue weighted by Gasteiger charge is 2.35. The van der Waals surface area contributed by atoms with Gasteiger partial charge in [-0.3, -0.25) is 0 Å². The van der Waals surface area contributed by atoms with Crippen molar-refractivity contribution >= 4 is 5.97 Å². The zero-order valence-corrected chi connectivity index (χ0v) is 11.6. The number of carbonyl (C=O) groups is 1. The van der Waals surface area contributed by atoms with E-state index < -0.39 is 40.9 Å². The molecular formula is C15H8F6O3. The van der Waals surface area contributed by atoms with Crippen molar-refractivity contribution in [1.82, 2.24) is 0 Å². The van der Waals surface area contributed by atoms with E-state index in [1.807, 2.05) is 0 Å². The fraction of sp³-hybridized carbons (Fsp3) is 0.133. The van der Waals surface area contributed by atoms with E-state index in [2.05, 4.69) is 4.74 Å². The maximum atomic E-state index is 13.0. The Bertz CT molecular complexity index is 765. The van der Waals surface area contributed by atoms with Crippen LogP contribution in [0.15, 0.2) is 42.5 Å². The van der Waals surface area contributed by atoms with Crippen molar-refractivity contribution in [3.63, 3.8) is 0 Å². The summed E-state index contributed by atoms with van der Waals surface area (Å²) < 4.78 is 79.8. The Labute approximate surface area is 131 Å². The molecule has 2 rings (SSSR count). The van der Waals surface area contributed by atoms with Crippen LogP contribution in [-0.4, -0.2) is 17.4 Å². The minimum Gasteiger partial charge on any atom is -0.478 e. The smallest absolute Gasteiger partial charge is 0.478 e. The standard InChI is InChI=1S/C15H8F6O3/c16-14(17,18)11-4-2-1-3-9(11)8-5-6-10(13(22)23)12(7-8)24-15(19,20)21/h1-7H,(H,22,23). The molecule has 0 aromatic heterocycles. The van der Waals surface area contributed by atoms with E-state index in [0.717, 1.165) is 30.3 Å². The number of aromatic carboxylic acids is 1. The van der Waals surface area contributed by atoms with Crippen molar-refractivity contribution in [1.29, 1.82) is 0 Å². The molecule has 0 unspecified atom stereocenters. The summed E-state index contributed by atoms with van der Waals surface area (Å²) in [7, 11) is 0. The molecule has 0 aliphatic rings. The van der Waals surface area contributed by atoms with Gasteiger partial charge in [0.2, 0.25) is 0 Å². The zero-order valence-electron chi connectivity index (χ0n) is 11.6. The SMILES string of the molecule is O=C(O)c1ccc(-c2ccccc2C(F)(F)F)cc1OC(F)(F)F. The number of rotatable bonds is 3. The molecule has 0 saturated heterocycles. The van der Waals surface area contributed by atoms with E-state index >= 15 is 0 Å². The molecule has 0 aliphatic carbocycles. The second-order valence-corrected chi connectivity index (χ2v) is 4.61. The Kier molecular flexibility index (Phi) is 4.46. The first-order chi connectivity index (χ1) is 11.0. The van der Waals surface area contributed by atoms with Gasteiger partial charge in [-0.05, 0) is 29.3 Å². The van der Waals surface area contributed by atoms with Crippen molar-refractivity contribution in [3.05, 3.63) is 53.6 Å². The fourth-order valence-corrected chi connectivity index (χ4v) is 2.06. The summed E-state index contributed by atoms with van der Waals surface area (Å²) >= 11 is 0. The quantitative estimate of drug-likeness (QED) is 0.795. The molecule has 9 heteroatoms. The Morgan fingerprint density at radius 3 is 2.12 bits per heavy atom. The minimum atomic E-state index is -5.19. The lowest BCUT2D eigenvalue weighted by atomic mass is 9.98. The molecule has 0 saturated carbocycles. The van der Waals surface area contributed by atoms with Crippen LogP contribution in [0.2, 0.25) is 0 Å². The first-order valence-corrected chi connectivity index (χ1v) is 6.29. The van der Waals surface area contributed by atoms with E-state index in [0.29, 0.717) is 6.07 Å². The Morgan fingerprint density at radius 1 is 0.958 bits per heavy atom. The largest absolute Gasteiger partial charge is 0.573 e. The molecule has 1 N–H and O–H groups in total. The topological polar surface area (TPSA) is 46.5 Å². The maximum absolute atomic E-state index is 13.0. The van der Waals surface area contributed by atoms with Crippen LogP contribution < -0.4 is 4.74 Å². The zero-order chi connectivity index (χ0) is 18.1. The molecule has 0 fully saturated rings. The summed E-state index contributed by atoms with van der Waals surface area (Å²) in [5.74, 6) is -2.80. The lowest BCUT2D eigenvalue weighted by Crippen LogP contribution is -2.19. The van der Waals surface area contributed by atoms with Crippen LogP contribution in [0.3, 0.4) is 0 Å². The molecule has 2 aromatic carbocycles. The van der Waals surface area contributed by atoms with E-state index in [1.165, 1.54) is 6.07 Å². The first-order valence-electron chi connectivity index (χ1n) is 6.29. The van der Waals surface area contributed by atoms with Gasteiger partial charge in [-0.2, -0.15) is 13.2 Å². The lowest BCUT2D eigenvalue weighted by molar-refractivity contribution is -0.274. The molecule has 0 atom stereocenters. The van der Waals surface area contributed by atoms with E-state index in [1.54, 1.807) is 0 Å². The molecule has 0 spiro atoms. The van der Waals surface area contributed by atoms with Gasteiger partial charge < -0.3 is 9.84 Å². The van der Waals surface area contributed by atoms with Crippen molar-refractivity contribution < 1.29 is 41.0 Å². The monoisotopic (exact) mass is 350 g/mol. The number of ether oxygens (including phenoxy) is 1. The van der Waals surface area contributed by atoms with Crippen molar-refractivity contribution in [3.8, 4) is 16.9 Å². The molecule has 0 radical (unpaired) electrons. The molecule has 0 bridgehead atoms. The van der Waals surface area contributed by atoms with Crippen molar-refractivity contribution in [2.75, 3.05) is 0 Å². The fourth-order valence-electron chi connectivity index (χ4n) is 2.06. The van der Waals surface area contributed by atoms with E-state index in [-0.39, 0.29) is 5.56 Å². The van der Waals surface area contributed by atoms with Crippen LogP contribution in [0, 0.1) is 0 Å². The Morgan fingerprint density at radius 2 is 1.58 bits per heavy atom. The summed E-state index contributed by atoms with van der Waals surface area (Å²) in [6.07, 6.45) is -9.92. The van der Waals surface area contributed by atoms with Crippen molar-refractivity contribution in [2.24, 2.45) is 0 Å². The molecule has 0 aliphatic heterocycles. The minimum absolute atomic E-state index is 0.257. The van der Waals surface area contributed by atoms with Crippen LogP contribution in [0.4, 0.5) is 26.3 Å². The Balaban J connectivity index is 2.62. The highest BCUT2D eigenvalue weighted by Crippen LogP contribution is 2.39. The van der Waals surface area contributed by atoms with Crippen LogP contribution in [-0.2, 0) is 6.18 Å². The highest BCUT2D eigenvalue weighted by molar-refractivity contribution is 5.92. The van der Waals surface area contributed by atoms with Crippen molar-refractivity contribution in [2.45, 2.75) is 12.5 Å². The first kappa shape index (κ1) is 17.6. The van der Waals surface area contributed by atoms with Gasteiger partial charge in [0.15, 0.2) is 0 Å².